The van der Waals surface area contributed by atoms with Gasteiger partial charge < -0.3 is 15.0 Å². The smallest absolute Gasteiger partial charge is 0.322 e. The summed E-state index contributed by atoms with van der Waals surface area (Å²) in [4.78, 5) is 16.8. The predicted molar refractivity (Wildman–Crippen MR) is 105 cm³/mol. The number of carbonyl (C=O) groups excluding carboxylic acids is 1. The largest absolute Gasteiger partial charge is 0.492 e. The third-order valence-electron chi connectivity index (χ3n) is 4.39. The second kappa shape index (κ2) is 8.92. The van der Waals surface area contributed by atoms with Crippen LogP contribution < -0.4 is 10.1 Å². The van der Waals surface area contributed by atoms with E-state index in [0.29, 0.717) is 36.2 Å². The molecule has 1 N–H and O–H groups in total. The lowest BCUT2D eigenvalue weighted by Crippen LogP contribution is -2.49. The number of nitrogens with zero attached hydrogens (tertiary/aromatic N) is 2. The first-order chi connectivity index (χ1) is 12.7. The van der Waals surface area contributed by atoms with Gasteiger partial charge in [-0.2, -0.15) is 0 Å². The molecule has 2 aromatic rings. The first-order valence-corrected chi connectivity index (χ1v) is 9.28. The van der Waals surface area contributed by atoms with Gasteiger partial charge in [0.05, 0.1) is 12.3 Å². The van der Waals surface area contributed by atoms with Crippen LogP contribution >= 0.6 is 11.6 Å². The molecule has 0 saturated carbocycles. The number of anilines is 1. The molecule has 2 amide bonds. The van der Waals surface area contributed by atoms with Gasteiger partial charge in [-0.1, -0.05) is 41.9 Å². The summed E-state index contributed by atoms with van der Waals surface area (Å²) in [5.41, 5.74) is 1.90. The van der Waals surface area contributed by atoms with Crippen molar-refractivity contribution in [2.45, 2.75) is 13.5 Å². The number of carbonyl (C=O) groups is 1. The molecule has 26 heavy (non-hydrogen) atoms. The van der Waals surface area contributed by atoms with Crippen molar-refractivity contribution < 1.29 is 9.53 Å². The zero-order chi connectivity index (χ0) is 18.4. The minimum atomic E-state index is -0.118. The van der Waals surface area contributed by atoms with E-state index in [0.717, 1.165) is 19.6 Å². The van der Waals surface area contributed by atoms with Crippen LogP contribution in [0.1, 0.15) is 12.5 Å². The number of hydrogen-bond donors (Lipinski definition) is 1. The monoisotopic (exact) mass is 373 g/mol. The van der Waals surface area contributed by atoms with Crippen molar-refractivity contribution in [2.24, 2.45) is 0 Å². The molecular formula is C20H24ClN3O2. The van der Waals surface area contributed by atoms with Gasteiger partial charge in [0.1, 0.15) is 5.75 Å². The Kier molecular flexibility index (Phi) is 6.36. The number of piperazine rings is 1. The fourth-order valence-electron chi connectivity index (χ4n) is 3.03. The van der Waals surface area contributed by atoms with E-state index in [4.69, 9.17) is 16.3 Å². The summed E-state index contributed by atoms with van der Waals surface area (Å²) in [6, 6.07) is 15.5. The number of halogens is 1. The molecule has 138 valence electrons. The minimum absolute atomic E-state index is 0.118. The first kappa shape index (κ1) is 18.5. The maximum absolute atomic E-state index is 12.6. The van der Waals surface area contributed by atoms with E-state index in [9.17, 15) is 4.79 Å². The van der Waals surface area contributed by atoms with Gasteiger partial charge in [0.15, 0.2) is 0 Å². The molecule has 0 bridgehead atoms. The number of amides is 2. The van der Waals surface area contributed by atoms with Crippen LogP contribution in [0.25, 0.3) is 0 Å². The number of rotatable bonds is 5. The SMILES string of the molecule is CCOc1ccc(Cl)cc1NC(=O)N1CCN(Cc2ccccc2)CC1. The van der Waals surface area contributed by atoms with Crippen LogP contribution in [0, 0.1) is 0 Å². The second-order valence-corrected chi connectivity index (χ2v) is 6.69. The van der Waals surface area contributed by atoms with Gasteiger partial charge in [-0.05, 0) is 30.7 Å². The lowest BCUT2D eigenvalue weighted by Gasteiger charge is -2.34. The van der Waals surface area contributed by atoms with Crippen LogP contribution in [-0.4, -0.2) is 48.6 Å². The van der Waals surface area contributed by atoms with Crippen molar-refractivity contribution in [2.75, 3.05) is 38.1 Å². The summed E-state index contributed by atoms with van der Waals surface area (Å²) in [7, 11) is 0. The van der Waals surface area contributed by atoms with Crippen LogP contribution in [0.3, 0.4) is 0 Å². The van der Waals surface area contributed by atoms with Crippen molar-refractivity contribution in [1.82, 2.24) is 9.80 Å². The molecule has 1 aliphatic rings. The van der Waals surface area contributed by atoms with E-state index >= 15 is 0 Å². The topological polar surface area (TPSA) is 44.8 Å². The van der Waals surface area contributed by atoms with E-state index in [1.54, 1.807) is 18.2 Å². The van der Waals surface area contributed by atoms with E-state index in [2.05, 4.69) is 34.5 Å². The van der Waals surface area contributed by atoms with Gasteiger partial charge in [-0.15, -0.1) is 0 Å². The second-order valence-electron chi connectivity index (χ2n) is 6.25. The van der Waals surface area contributed by atoms with Gasteiger partial charge in [0.25, 0.3) is 0 Å². The highest BCUT2D eigenvalue weighted by molar-refractivity contribution is 6.31. The van der Waals surface area contributed by atoms with Gasteiger partial charge in [-0.25, -0.2) is 4.79 Å². The number of benzene rings is 2. The molecule has 0 radical (unpaired) electrons. The molecule has 0 aromatic heterocycles. The standard InChI is InChI=1S/C20H24ClN3O2/c1-2-26-19-9-8-17(21)14-18(19)22-20(25)24-12-10-23(11-13-24)15-16-6-4-3-5-7-16/h3-9,14H,2,10-13,15H2,1H3,(H,22,25). The van der Waals surface area contributed by atoms with Crippen molar-refractivity contribution in [3.05, 3.63) is 59.1 Å². The molecule has 0 unspecified atom stereocenters. The van der Waals surface area contributed by atoms with Crippen molar-refractivity contribution in [1.29, 1.82) is 0 Å². The minimum Gasteiger partial charge on any atom is -0.492 e. The zero-order valence-electron chi connectivity index (χ0n) is 15.0. The molecule has 6 heteroatoms. The Morgan fingerprint density at radius 3 is 2.54 bits per heavy atom. The van der Waals surface area contributed by atoms with Crippen LogP contribution in [0.5, 0.6) is 5.75 Å². The number of urea groups is 1. The van der Waals surface area contributed by atoms with E-state index < -0.39 is 0 Å². The maximum Gasteiger partial charge on any atom is 0.322 e. The van der Waals surface area contributed by atoms with Gasteiger partial charge in [0, 0.05) is 37.7 Å². The summed E-state index contributed by atoms with van der Waals surface area (Å²) >= 11 is 6.06. The van der Waals surface area contributed by atoms with E-state index in [-0.39, 0.29) is 6.03 Å². The highest BCUT2D eigenvalue weighted by atomic mass is 35.5. The molecule has 1 aliphatic heterocycles. The fraction of sp³-hybridized carbons (Fsp3) is 0.350. The summed E-state index contributed by atoms with van der Waals surface area (Å²) in [6.07, 6.45) is 0. The van der Waals surface area contributed by atoms with Gasteiger partial charge >= 0.3 is 6.03 Å². The Morgan fingerprint density at radius 2 is 1.85 bits per heavy atom. The van der Waals surface area contributed by atoms with Crippen molar-refractivity contribution >= 4 is 23.3 Å². The lowest BCUT2D eigenvalue weighted by atomic mass is 10.2. The molecule has 0 aliphatic carbocycles. The molecule has 5 nitrogen and oxygen atoms in total. The first-order valence-electron chi connectivity index (χ1n) is 8.90. The summed E-state index contributed by atoms with van der Waals surface area (Å²) < 4.78 is 5.56. The number of ether oxygens (including phenoxy) is 1. The Labute approximate surface area is 159 Å². The highest BCUT2D eigenvalue weighted by Crippen LogP contribution is 2.28. The lowest BCUT2D eigenvalue weighted by molar-refractivity contribution is 0.143. The molecule has 0 spiro atoms. The van der Waals surface area contributed by atoms with E-state index in [1.807, 2.05) is 17.9 Å². The van der Waals surface area contributed by atoms with Crippen molar-refractivity contribution in [3.8, 4) is 5.75 Å². The highest BCUT2D eigenvalue weighted by Gasteiger charge is 2.22. The molecule has 0 atom stereocenters. The summed E-state index contributed by atoms with van der Waals surface area (Å²) in [6.45, 7) is 6.46. The average Bonchev–Trinajstić information content (AvgIpc) is 2.65. The van der Waals surface area contributed by atoms with Crippen LogP contribution in [-0.2, 0) is 6.54 Å². The third-order valence-corrected chi connectivity index (χ3v) is 4.63. The Balaban J connectivity index is 1.55. The average molecular weight is 374 g/mol. The van der Waals surface area contributed by atoms with Gasteiger partial charge in [-0.3, -0.25) is 4.90 Å². The molecular weight excluding hydrogens is 350 g/mol. The molecule has 3 rings (SSSR count). The molecule has 2 aromatic carbocycles. The third kappa shape index (κ3) is 4.90. The molecule has 1 saturated heterocycles. The molecule has 1 fully saturated rings. The Morgan fingerprint density at radius 1 is 1.12 bits per heavy atom. The van der Waals surface area contributed by atoms with Crippen LogP contribution in [0.15, 0.2) is 48.5 Å². The molecule has 1 heterocycles. The fourth-order valence-corrected chi connectivity index (χ4v) is 3.20. The maximum atomic E-state index is 12.6. The quantitative estimate of drug-likeness (QED) is 0.858. The predicted octanol–water partition coefficient (Wildman–Crippen LogP) is 4.09. The Bertz CT molecular complexity index is 731. The summed E-state index contributed by atoms with van der Waals surface area (Å²) in [5, 5.41) is 3.50. The zero-order valence-corrected chi connectivity index (χ0v) is 15.7. The Hall–Kier alpha value is -2.24. The normalized spacial score (nSPS) is 14.9. The summed E-state index contributed by atoms with van der Waals surface area (Å²) in [5.74, 6) is 0.632. The van der Waals surface area contributed by atoms with Crippen LogP contribution in [0.2, 0.25) is 5.02 Å². The van der Waals surface area contributed by atoms with Gasteiger partial charge in [0.2, 0.25) is 0 Å². The number of nitrogens with one attached hydrogen (secondary N) is 1. The number of hydrogen-bond acceptors (Lipinski definition) is 3. The van der Waals surface area contributed by atoms with E-state index in [1.165, 1.54) is 5.56 Å². The van der Waals surface area contributed by atoms with Crippen LogP contribution in [0.4, 0.5) is 10.5 Å². The van der Waals surface area contributed by atoms with Crippen molar-refractivity contribution in [3.63, 3.8) is 0 Å².